The maximum atomic E-state index is 11.9. The Morgan fingerprint density at radius 1 is 1.17 bits per heavy atom. The third-order valence-corrected chi connectivity index (χ3v) is 3.08. The average Bonchev–Trinajstić information content (AvgIpc) is 2.27. The fourth-order valence-corrected chi connectivity index (χ4v) is 1.73. The van der Waals surface area contributed by atoms with Crippen molar-refractivity contribution < 1.29 is 14.3 Å². The molecule has 0 aromatic heterocycles. The Bertz CT molecular complexity index is 236. The van der Waals surface area contributed by atoms with Gasteiger partial charge in [0.15, 0.2) is 0 Å². The first kappa shape index (κ1) is 17.6. The van der Waals surface area contributed by atoms with Gasteiger partial charge < -0.3 is 9.47 Å². The first-order valence-electron chi connectivity index (χ1n) is 6.58. The molecule has 0 saturated carbocycles. The standard InChI is InChI=1S/C14H29NO3/c1-12(11-18-6)15(9-10-17-5)8-7-13(16)14(2,3)4/h12H,7-11H2,1-6H3. The van der Waals surface area contributed by atoms with Crippen LogP contribution in [0.15, 0.2) is 0 Å². The van der Waals surface area contributed by atoms with Crippen molar-refractivity contribution >= 4 is 5.78 Å². The summed E-state index contributed by atoms with van der Waals surface area (Å²) in [7, 11) is 3.39. The van der Waals surface area contributed by atoms with E-state index in [0.717, 1.165) is 13.1 Å². The smallest absolute Gasteiger partial charge is 0.139 e. The Hall–Kier alpha value is -0.450. The highest BCUT2D eigenvalue weighted by Crippen LogP contribution is 2.17. The lowest BCUT2D eigenvalue weighted by Gasteiger charge is -2.29. The molecule has 0 aliphatic heterocycles. The van der Waals surface area contributed by atoms with Crippen LogP contribution in [0.25, 0.3) is 0 Å². The van der Waals surface area contributed by atoms with E-state index in [1.165, 1.54) is 0 Å². The number of carbonyl (C=O) groups excluding carboxylic acids is 1. The van der Waals surface area contributed by atoms with Crippen molar-refractivity contribution in [1.82, 2.24) is 4.90 Å². The molecular formula is C14H29NO3. The number of ether oxygens (including phenoxy) is 2. The molecule has 4 nitrogen and oxygen atoms in total. The van der Waals surface area contributed by atoms with E-state index in [9.17, 15) is 4.79 Å². The fraction of sp³-hybridized carbons (Fsp3) is 0.929. The molecule has 0 N–H and O–H groups in total. The molecule has 0 aliphatic carbocycles. The summed E-state index contributed by atoms with van der Waals surface area (Å²) in [5.41, 5.74) is -0.253. The zero-order chi connectivity index (χ0) is 14.2. The lowest BCUT2D eigenvalue weighted by molar-refractivity contribution is -0.126. The lowest BCUT2D eigenvalue weighted by Crippen LogP contribution is -2.40. The lowest BCUT2D eigenvalue weighted by atomic mass is 9.89. The molecule has 0 heterocycles. The second-order valence-corrected chi connectivity index (χ2v) is 5.76. The van der Waals surface area contributed by atoms with Gasteiger partial charge in [0.1, 0.15) is 5.78 Å². The van der Waals surface area contributed by atoms with E-state index in [2.05, 4.69) is 11.8 Å². The highest BCUT2D eigenvalue weighted by molar-refractivity contribution is 5.83. The summed E-state index contributed by atoms with van der Waals surface area (Å²) < 4.78 is 10.3. The molecule has 0 rings (SSSR count). The fourth-order valence-electron chi connectivity index (χ4n) is 1.73. The topological polar surface area (TPSA) is 38.8 Å². The summed E-state index contributed by atoms with van der Waals surface area (Å²) in [6.07, 6.45) is 0.585. The molecule has 1 unspecified atom stereocenters. The number of Topliss-reactive ketones (excluding diaryl/α,β-unsaturated/α-hetero) is 1. The third kappa shape index (κ3) is 7.09. The van der Waals surface area contributed by atoms with Crippen LogP contribution in [0.3, 0.4) is 0 Å². The van der Waals surface area contributed by atoms with Crippen LogP contribution in [-0.4, -0.2) is 57.2 Å². The van der Waals surface area contributed by atoms with Gasteiger partial charge in [0, 0.05) is 45.2 Å². The van der Waals surface area contributed by atoms with Gasteiger partial charge in [-0.1, -0.05) is 20.8 Å². The molecule has 0 aliphatic rings. The molecule has 0 aromatic carbocycles. The molecule has 18 heavy (non-hydrogen) atoms. The Morgan fingerprint density at radius 3 is 2.22 bits per heavy atom. The summed E-state index contributed by atoms with van der Waals surface area (Å²) in [4.78, 5) is 14.2. The summed E-state index contributed by atoms with van der Waals surface area (Å²) in [5, 5.41) is 0. The van der Waals surface area contributed by atoms with Gasteiger partial charge in [-0.25, -0.2) is 0 Å². The van der Waals surface area contributed by atoms with Crippen molar-refractivity contribution in [2.75, 3.05) is 40.5 Å². The van der Waals surface area contributed by atoms with Gasteiger partial charge in [0.05, 0.1) is 13.2 Å². The molecule has 0 radical (unpaired) electrons. The summed E-state index contributed by atoms with van der Waals surface area (Å²) in [6.45, 7) is 11.0. The van der Waals surface area contributed by atoms with Crippen LogP contribution in [-0.2, 0) is 14.3 Å². The quantitative estimate of drug-likeness (QED) is 0.634. The zero-order valence-corrected chi connectivity index (χ0v) is 12.8. The van der Waals surface area contributed by atoms with Gasteiger partial charge in [-0.15, -0.1) is 0 Å². The molecule has 0 saturated heterocycles. The van der Waals surface area contributed by atoms with Gasteiger partial charge in [0.2, 0.25) is 0 Å². The van der Waals surface area contributed by atoms with Crippen LogP contribution >= 0.6 is 0 Å². The van der Waals surface area contributed by atoms with E-state index < -0.39 is 0 Å². The number of rotatable bonds is 9. The van der Waals surface area contributed by atoms with Crippen LogP contribution in [0.2, 0.25) is 0 Å². The predicted molar refractivity (Wildman–Crippen MR) is 73.9 cm³/mol. The summed E-state index contributed by atoms with van der Waals surface area (Å²) in [5.74, 6) is 0.300. The Balaban J connectivity index is 4.27. The molecule has 0 fully saturated rings. The van der Waals surface area contributed by atoms with Crippen LogP contribution in [0.1, 0.15) is 34.1 Å². The number of carbonyl (C=O) groups is 1. The van der Waals surface area contributed by atoms with Crippen LogP contribution in [0, 0.1) is 5.41 Å². The van der Waals surface area contributed by atoms with Crippen molar-refractivity contribution in [3.8, 4) is 0 Å². The molecule has 0 amide bonds. The number of ketones is 1. The van der Waals surface area contributed by atoms with E-state index in [-0.39, 0.29) is 5.41 Å². The monoisotopic (exact) mass is 259 g/mol. The van der Waals surface area contributed by atoms with E-state index in [0.29, 0.717) is 31.5 Å². The second kappa shape index (κ2) is 8.62. The molecular weight excluding hydrogens is 230 g/mol. The number of hydrogen-bond acceptors (Lipinski definition) is 4. The van der Waals surface area contributed by atoms with Gasteiger partial charge >= 0.3 is 0 Å². The number of hydrogen-bond donors (Lipinski definition) is 0. The van der Waals surface area contributed by atoms with Gasteiger partial charge in [-0.2, -0.15) is 0 Å². The normalized spacial score (nSPS) is 13.9. The van der Waals surface area contributed by atoms with Crippen molar-refractivity contribution in [1.29, 1.82) is 0 Å². The highest BCUT2D eigenvalue weighted by atomic mass is 16.5. The first-order chi connectivity index (χ1) is 8.32. The van der Waals surface area contributed by atoms with E-state index >= 15 is 0 Å². The maximum absolute atomic E-state index is 11.9. The molecule has 108 valence electrons. The average molecular weight is 259 g/mol. The zero-order valence-electron chi connectivity index (χ0n) is 12.8. The Morgan fingerprint density at radius 2 is 1.78 bits per heavy atom. The third-order valence-electron chi connectivity index (χ3n) is 3.08. The van der Waals surface area contributed by atoms with E-state index in [4.69, 9.17) is 9.47 Å². The molecule has 4 heteroatoms. The van der Waals surface area contributed by atoms with Gasteiger partial charge in [-0.05, 0) is 6.92 Å². The molecule has 0 spiro atoms. The van der Waals surface area contributed by atoms with Crippen molar-refractivity contribution in [2.24, 2.45) is 5.41 Å². The maximum Gasteiger partial charge on any atom is 0.139 e. The minimum absolute atomic E-state index is 0.253. The van der Waals surface area contributed by atoms with E-state index in [1.54, 1.807) is 14.2 Å². The predicted octanol–water partition coefficient (Wildman–Crippen LogP) is 1.97. The SMILES string of the molecule is COCCN(CCC(=O)C(C)(C)C)C(C)COC. The van der Waals surface area contributed by atoms with Crippen molar-refractivity contribution in [3.63, 3.8) is 0 Å². The van der Waals surface area contributed by atoms with Crippen molar-refractivity contribution in [3.05, 3.63) is 0 Å². The van der Waals surface area contributed by atoms with Gasteiger partial charge in [-0.3, -0.25) is 9.69 Å². The summed E-state index contributed by atoms with van der Waals surface area (Å²) in [6, 6.07) is 0.304. The van der Waals surface area contributed by atoms with Gasteiger partial charge in [0.25, 0.3) is 0 Å². The second-order valence-electron chi connectivity index (χ2n) is 5.76. The highest BCUT2D eigenvalue weighted by Gasteiger charge is 2.22. The Kier molecular flexibility index (Phi) is 8.40. The minimum Gasteiger partial charge on any atom is -0.383 e. The molecule has 1 atom stereocenters. The molecule has 0 aromatic rings. The number of nitrogens with zero attached hydrogens (tertiary/aromatic N) is 1. The molecule has 0 bridgehead atoms. The van der Waals surface area contributed by atoms with Crippen molar-refractivity contribution in [2.45, 2.75) is 40.2 Å². The van der Waals surface area contributed by atoms with Crippen LogP contribution in [0.5, 0.6) is 0 Å². The summed E-state index contributed by atoms with van der Waals surface area (Å²) >= 11 is 0. The largest absolute Gasteiger partial charge is 0.383 e. The van der Waals surface area contributed by atoms with Crippen LogP contribution in [0.4, 0.5) is 0 Å². The van der Waals surface area contributed by atoms with Crippen LogP contribution < -0.4 is 0 Å². The Labute approximate surface area is 112 Å². The van der Waals surface area contributed by atoms with E-state index in [1.807, 2.05) is 20.8 Å². The number of methoxy groups -OCH3 is 2. The minimum atomic E-state index is -0.253. The first-order valence-corrected chi connectivity index (χ1v) is 6.58.